The summed E-state index contributed by atoms with van der Waals surface area (Å²) in [7, 11) is 0. The Hall–Kier alpha value is -0.610. The minimum Gasteiger partial charge on any atom is -0.359 e. The molecule has 2 atom stereocenters. The van der Waals surface area contributed by atoms with E-state index < -0.39 is 0 Å². The summed E-state index contributed by atoms with van der Waals surface area (Å²) in [6.45, 7) is 4.57. The molecule has 4 heteroatoms. The highest BCUT2D eigenvalue weighted by atomic mass is 32.1. The third-order valence-corrected chi connectivity index (χ3v) is 3.53. The summed E-state index contributed by atoms with van der Waals surface area (Å²) in [5.74, 6) is 0.743. The number of nitrogens with one attached hydrogen (secondary N) is 2. The number of nitrogens with zero attached hydrogens (tertiary/aromatic N) is 1. The Bertz CT molecular complexity index is 254. The van der Waals surface area contributed by atoms with Gasteiger partial charge in [-0.05, 0) is 38.8 Å². The van der Waals surface area contributed by atoms with Crippen LogP contribution in [0.4, 0.5) is 5.13 Å². The van der Waals surface area contributed by atoms with Crippen molar-refractivity contribution in [2.75, 3.05) is 18.4 Å². The van der Waals surface area contributed by atoms with Gasteiger partial charge in [0.15, 0.2) is 5.13 Å². The quantitative estimate of drug-likeness (QED) is 0.802. The van der Waals surface area contributed by atoms with Crippen LogP contribution >= 0.6 is 11.3 Å². The SMILES string of the molecule is CC(Nc1nccs1)C1CCCNC1. The van der Waals surface area contributed by atoms with Gasteiger partial charge in [0.2, 0.25) is 0 Å². The molecule has 0 amide bonds. The second-order valence-corrected chi connectivity index (χ2v) is 4.77. The maximum Gasteiger partial charge on any atom is 0.182 e. The zero-order chi connectivity index (χ0) is 9.80. The van der Waals surface area contributed by atoms with Crippen LogP contribution in [-0.4, -0.2) is 24.1 Å². The molecular formula is C10H17N3S. The number of anilines is 1. The van der Waals surface area contributed by atoms with Gasteiger partial charge in [-0.15, -0.1) is 11.3 Å². The molecule has 0 spiro atoms. The van der Waals surface area contributed by atoms with Crippen molar-refractivity contribution < 1.29 is 0 Å². The normalized spacial score (nSPS) is 24.5. The molecule has 1 fully saturated rings. The van der Waals surface area contributed by atoms with Gasteiger partial charge in [-0.3, -0.25) is 0 Å². The van der Waals surface area contributed by atoms with Crippen LogP contribution in [0.5, 0.6) is 0 Å². The molecule has 0 saturated carbocycles. The summed E-state index contributed by atoms with van der Waals surface area (Å²) in [5.41, 5.74) is 0. The summed E-state index contributed by atoms with van der Waals surface area (Å²) in [5, 5.41) is 9.95. The average Bonchev–Trinajstić information content (AvgIpc) is 2.72. The third-order valence-electron chi connectivity index (χ3n) is 2.83. The number of thiazole rings is 1. The number of aromatic nitrogens is 1. The zero-order valence-corrected chi connectivity index (χ0v) is 9.31. The maximum absolute atomic E-state index is 4.24. The fraction of sp³-hybridized carbons (Fsp3) is 0.700. The van der Waals surface area contributed by atoms with Crippen LogP contribution in [0.2, 0.25) is 0 Å². The highest BCUT2D eigenvalue weighted by Gasteiger charge is 2.19. The van der Waals surface area contributed by atoms with E-state index in [4.69, 9.17) is 0 Å². The second kappa shape index (κ2) is 4.75. The summed E-state index contributed by atoms with van der Waals surface area (Å²) < 4.78 is 0. The van der Waals surface area contributed by atoms with Gasteiger partial charge in [-0.1, -0.05) is 0 Å². The molecule has 1 saturated heterocycles. The lowest BCUT2D eigenvalue weighted by molar-refractivity contribution is 0.347. The molecule has 2 heterocycles. The van der Waals surface area contributed by atoms with Crippen molar-refractivity contribution in [3.63, 3.8) is 0 Å². The molecular weight excluding hydrogens is 194 g/mol. The molecule has 0 radical (unpaired) electrons. The monoisotopic (exact) mass is 211 g/mol. The fourth-order valence-corrected chi connectivity index (χ4v) is 2.54. The first-order valence-electron chi connectivity index (χ1n) is 5.23. The maximum atomic E-state index is 4.24. The first kappa shape index (κ1) is 9.93. The summed E-state index contributed by atoms with van der Waals surface area (Å²) in [4.78, 5) is 4.24. The van der Waals surface area contributed by atoms with Crippen LogP contribution in [0.3, 0.4) is 0 Å². The molecule has 14 heavy (non-hydrogen) atoms. The summed E-state index contributed by atoms with van der Waals surface area (Å²) >= 11 is 1.67. The van der Waals surface area contributed by atoms with E-state index in [1.165, 1.54) is 19.4 Å². The topological polar surface area (TPSA) is 37.0 Å². The van der Waals surface area contributed by atoms with Crippen molar-refractivity contribution in [2.24, 2.45) is 5.92 Å². The Morgan fingerprint density at radius 1 is 1.71 bits per heavy atom. The van der Waals surface area contributed by atoms with Gasteiger partial charge in [-0.25, -0.2) is 4.98 Å². The van der Waals surface area contributed by atoms with Gasteiger partial charge in [0.05, 0.1) is 0 Å². The Morgan fingerprint density at radius 3 is 3.29 bits per heavy atom. The minimum atomic E-state index is 0.522. The van der Waals surface area contributed by atoms with Crippen LogP contribution in [0, 0.1) is 5.92 Å². The predicted octanol–water partition coefficient (Wildman–Crippen LogP) is 1.94. The molecule has 2 N–H and O–H groups in total. The van der Waals surface area contributed by atoms with Crippen molar-refractivity contribution in [3.05, 3.63) is 11.6 Å². The molecule has 0 aliphatic carbocycles. The first-order chi connectivity index (χ1) is 6.86. The van der Waals surface area contributed by atoms with E-state index in [0.29, 0.717) is 6.04 Å². The average molecular weight is 211 g/mol. The molecule has 2 rings (SSSR count). The highest BCUT2D eigenvalue weighted by molar-refractivity contribution is 7.13. The molecule has 1 aliphatic rings. The van der Waals surface area contributed by atoms with Crippen LogP contribution < -0.4 is 10.6 Å². The number of piperidine rings is 1. The molecule has 1 aromatic heterocycles. The zero-order valence-electron chi connectivity index (χ0n) is 8.49. The standard InChI is InChI=1S/C10H17N3S/c1-8(9-3-2-4-11-7-9)13-10-12-5-6-14-10/h5-6,8-9,11H,2-4,7H2,1H3,(H,12,13). The third kappa shape index (κ3) is 2.45. The molecule has 3 nitrogen and oxygen atoms in total. The van der Waals surface area contributed by atoms with Gasteiger partial charge in [0.1, 0.15) is 0 Å². The second-order valence-electron chi connectivity index (χ2n) is 3.88. The van der Waals surface area contributed by atoms with Gasteiger partial charge >= 0.3 is 0 Å². The molecule has 0 aromatic carbocycles. The molecule has 1 aromatic rings. The number of rotatable bonds is 3. The predicted molar refractivity (Wildman–Crippen MR) is 60.8 cm³/mol. The lowest BCUT2D eigenvalue weighted by atomic mass is 9.93. The van der Waals surface area contributed by atoms with Gasteiger partial charge < -0.3 is 10.6 Å². The molecule has 2 unspecified atom stereocenters. The van der Waals surface area contributed by atoms with E-state index in [2.05, 4.69) is 22.5 Å². The van der Waals surface area contributed by atoms with Crippen molar-refractivity contribution in [1.29, 1.82) is 0 Å². The van der Waals surface area contributed by atoms with Crippen molar-refractivity contribution in [1.82, 2.24) is 10.3 Å². The molecule has 78 valence electrons. The van der Waals surface area contributed by atoms with Crippen LogP contribution in [0.1, 0.15) is 19.8 Å². The van der Waals surface area contributed by atoms with E-state index in [0.717, 1.165) is 17.6 Å². The van der Waals surface area contributed by atoms with E-state index in [1.54, 1.807) is 11.3 Å². The first-order valence-corrected chi connectivity index (χ1v) is 6.11. The highest BCUT2D eigenvalue weighted by Crippen LogP contribution is 2.19. The lowest BCUT2D eigenvalue weighted by Crippen LogP contribution is -2.38. The molecule has 1 aliphatic heterocycles. The van der Waals surface area contributed by atoms with Crippen molar-refractivity contribution in [3.8, 4) is 0 Å². The fourth-order valence-electron chi connectivity index (χ4n) is 1.91. The van der Waals surface area contributed by atoms with Crippen molar-refractivity contribution in [2.45, 2.75) is 25.8 Å². The number of hydrogen-bond donors (Lipinski definition) is 2. The summed E-state index contributed by atoms with van der Waals surface area (Å²) in [6.07, 6.45) is 4.47. The van der Waals surface area contributed by atoms with E-state index in [9.17, 15) is 0 Å². The Kier molecular flexibility index (Phi) is 3.37. The Balaban J connectivity index is 1.85. The molecule has 0 bridgehead atoms. The smallest absolute Gasteiger partial charge is 0.182 e. The van der Waals surface area contributed by atoms with E-state index in [1.807, 2.05) is 11.6 Å². The number of hydrogen-bond acceptors (Lipinski definition) is 4. The van der Waals surface area contributed by atoms with E-state index in [-0.39, 0.29) is 0 Å². The largest absolute Gasteiger partial charge is 0.359 e. The van der Waals surface area contributed by atoms with Crippen LogP contribution in [0.25, 0.3) is 0 Å². The van der Waals surface area contributed by atoms with E-state index >= 15 is 0 Å². The van der Waals surface area contributed by atoms with Crippen molar-refractivity contribution >= 4 is 16.5 Å². The Morgan fingerprint density at radius 2 is 2.64 bits per heavy atom. The van der Waals surface area contributed by atoms with Crippen LogP contribution in [-0.2, 0) is 0 Å². The lowest BCUT2D eigenvalue weighted by Gasteiger charge is -2.28. The minimum absolute atomic E-state index is 0.522. The van der Waals surface area contributed by atoms with Gasteiger partial charge in [-0.2, -0.15) is 0 Å². The summed E-state index contributed by atoms with van der Waals surface area (Å²) in [6, 6.07) is 0.522. The van der Waals surface area contributed by atoms with Gasteiger partial charge in [0.25, 0.3) is 0 Å². The Labute approximate surface area is 88.9 Å². The van der Waals surface area contributed by atoms with Crippen LogP contribution in [0.15, 0.2) is 11.6 Å². The van der Waals surface area contributed by atoms with Gasteiger partial charge in [0, 0.05) is 17.6 Å².